The summed E-state index contributed by atoms with van der Waals surface area (Å²) in [5, 5.41) is 0. The maximum Gasteiger partial charge on any atom is 0.573 e. The first kappa shape index (κ1) is 19.6. The molecule has 0 radical (unpaired) electrons. The summed E-state index contributed by atoms with van der Waals surface area (Å²) in [6, 6.07) is 8.43. The summed E-state index contributed by atoms with van der Waals surface area (Å²) in [6.45, 7) is -0.186. The normalized spacial score (nSPS) is 12.2. The van der Waals surface area contributed by atoms with Gasteiger partial charge in [-0.2, -0.15) is 0 Å². The molecule has 0 bridgehead atoms. The molecule has 0 aliphatic carbocycles. The monoisotopic (exact) mass is 415 g/mol. The predicted octanol–water partition coefficient (Wildman–Crippen LogP) is 1.59. The van der Waals surface area contributed by atoms with Crippen molar-refractivity contribution in [2.75, 3.05) is 0 Å². The lowest BCUT2D eigenvalue weighted by Gasteiger charge is -2.10. The van der Waals surface area contributed by atoms with Crippen LogP contribution in [0.3, 0.4) is 0 Å². The number of H-pyrrole nitrogens is 2. The molecule has 3 rings (SSSR count). The van der Waals surface area contributed by atoms with Crippen molar-refractivity contribution < 1.29 is 26.3 Å². The van der Waals surface area contributed by atoms with Crippen LogP contribution in [-0.4, -0.2) is 24.7 Å². The Morgan fingerprint density at radius 2 is 1.54 bits per heavy atom. The molecule has 0 aliphatic heterocycles. The van der Waals surface area contributed by atoms with E-state index in [1.54, 1.807) is 0 Å². The Balaban J connectivity index is 1.77. The van der Waals surface area contributed by atoms with Crippen LogP contribution in [0.25, 0.3) is 11.0 Å². The SMILES string of the molecule is O=c1[nH]c2ccc(S(=O)(=O)NCc3ccc(OC(F)(F)F)cc3)cc2[nH]c1=O. The molecular formula is C16H12F3N3O5S. The molecule has 0 unspecified atom stereocenters. The molecule has 0 saturated heterocycles. The van der Waals surface area contributed by atoms with Gasteiger partial charge in [0.2, 0.25) is 10.0 Å². The van der Waals surface area contributed by atoms with Gasteiger partial charge in [0.25, 0.3) is 0 Å². The lowest BCUT2D eigenvalue weighted by atomic mass is 10.2. The van der Waals surface area contributed by atoms with Crippen LogP contribution in [0, 0.1) is 0 Å². The Hall–Kier alpha value is -3.12. The molecule has 148 valence electrons. The average Bonchev–Trinajstić information content (AvgIpc) is 2.60. The van der Waals surface area contributed by atoms with Crippen molar-refractivity contribution in [3.05, 3.63) is 68.7 Å². The van der Waals surface area contributed by atoms with Crippen LogP contribution in [0.5, 0.6) is 5.75 Å². The summed E-state index contributed by atoms with van der Waals surface area (Å²) in [5.74, 6) is -0.424. The zero-order valence-corrected chi connectivity index (χ0v) is 14.6. The summed E-state index contributed by atoms with van der Waals surface area (Å²) in [5.41, 5.74) is -1.00. The second-order valence-electron chi connectivity index (χ2n) is 5.63. The highest BCUT2D eigenvalue weighted by Gasteiger charge is 2.30. The van der Waals surface area contributed by atoms with Gasteiger partial charge in [-0.25, -0.2) is 13.1 Å². The third-order valence-electron chi connectivity index (χ3n) is 3.63. The van der Waals surface area contributed by atoms with E-state index < -0.39 is 33.3 Å². The maximum atomic E-state index is 12.4. The number of nitrogens with one attached hydrogen (secondary N) is 3. The quantitative estimate of drug-likeness (QED) is 0.547. The van der Waals surface area contributed by atoms with Gasteiger partial charge in [0.15, 0.2) is 0 Å². The van der Waals surface area contributed by atoms with E-state index in [1.807, 2.05) is 0 Å². The molecular weight excluding hydrogens is 403 g/mol. The number of ether oxygens (including phenoxy) is 1. The van der Waals surface area contributed by atoms with Crippen LogP contribution in [-0.2, 0) is 16.6 Å². The number of hydrogen-bond acceptors (Lipinski definition) is 5. The fraction of sp³-hybridized carbons (Fsp3) is 0.125. The van der Waals surface area contributed by atoms with E-state index in [0.29, 0.717) is 5.56 Å². The standard InChI is InChI=1S/C16H12F3N3O5S/c17-16(18,19)27-10-3-1-9(2-4-10)8-20-28(25,26)11-5-6-12-13(7-11)22-15(24)14(23)21-12/h1-7,20H,8H2,(H,21,23)(H,22,24). The van der Waals surface area contributed by atoms with Crippen molar-refractivity contribution >= 4 is 21.1 Å². The van der Waals surface area contributed by atoms with Gasteiger partial charge in [-0.1, -0.05) is 12.1 Å². The van der Waals surface area contributed by atoms with E-state index >= 15 is 0 Å². The average molecular weight is 415 g/mol. The zero-order chi connectivity index (χ0) is 20.5. The molecule has 0 atom stereocenters. The summed E-state index contributed by atoms with van der Waals surface area (Å²) in [4.78, 5) is 27.1. The molecule has 0 saturated carbocycles. The molecule has 3 N–H and O–H groups in total. The largest absolute Gasteiger partial charge is 0.573 e. The van der Waals surface area contributed by atoms with Gasteiger partial charge in [-0.05, 0) is 35.9 Å². The number of aromatic amines is 2. The van der Waals surface area contributed by atoms with Crippen molar-refractivity contribution in [2.45, 2.75) is 17.8 Å². The molecule has 2 aromatic carbocycles. The maximum absolute atomic E-state index is 12.4. The smallest absolute Gasteiger partial charge is 0.406 e. The van der Waals surface area contributed by atoms with E-state index in [2.05, 4.69) is 19.4 Å². The summed E-state index contributed by atoms with van der Waals surface area (Å²) >= 11 is 0. The molecule has 0 aliphatic rings. The Morgan fingerprint density at radius 1 is 0.929 bits per heavy atom. The van der Waals surface area contributed by atoms with Gasteiger partial charge in [0, 0.05) is 6.54 Å². The van der Waals surface area contributed by atoms with Crippen molar-refractivity contribution in [1.29, 1.82) is 0 Å². The molecule has 28 heavy (non-hydrogen) atoms. The molecule has 3 aromatic rings. The number of sulfonamides is 1. The van der Waals surface area contributed by atoms with Crippen LogP contribution < -0.4 is 20.6 Å². The van der Waals surface area contributed by atoms with Gasteiger partial charge in [0.05, 0.1) is 15.9 Å². The molecule has 0 amide bonds. The lowest BCUT2D eigenvalue weighted by molar-refractivity contribution is -0.274. The molecule has 1 aromatic heterocycles. The number of alkyl halides is 3. The van der Waals surface area contributed by atoms with Crippen LogP contribution >= 0.6 is 0 Å². The third-order valence-corrected chi connectivity index (χ3v) is 5.03. The Morgan fingerprint density at radius 3 is 2.14 bits per heavy atom. The van der Waals surface area contributed by atoms with E-state index in [4.69, 9.17) is 0 Å². The number of aromatic nitrogens is 2. The van der Waals surface area contributed by atoms with E-state index in [9.17, 15) is 31.2 Å². The van der Waals surface area contributed by atoms with E-state index in [-0.39, 0.29) is 22.5 Å². The minimum Gasteiger partial charge on any atom is -0.406 e. The van der Waals surface area contributed by atoms with Gasteiger partial charge < -0.3 is 14.7 Å². The molecule has 1 heterocycles. The molecule has 8 nitrogen and oxygen atoms in total. The van der Waals surface area contributed by atoms with Gasteiger partial charge in [-0.3, -0.25) is 9.59 Å². The van der Waals surface area contributed by atoms with Gasteiger partial charge in [-0.15, -0.1) is 13.2 Å². The van der Waals surface area contributed by atoms with Crippen molar-refractivity contribution in [3.63, 3.8) is 0 Å². The first-order valence-corrected chi connectivity index (χ1v) is 9.12. The Kier molecular flexibility index (Phi) is 5.00. The predicted molar refractivity (Wildman–Crippen MR) is 92.3 cm³/mol. The van der Waals surface area contributed by atoms with Crippen LogP contribution in [0.4, 0.5) is 13.2 Å². The fourth-order valence-electron chi connectivity index (χ4n) is 2.33. The number of benzene rings is 2. The third kappa shape index (κ3) is 4.58. The number of fused-ring (bicyclic) bond motifs is 1. The van der Waals surface area contributed by atoms with E-state index in [1.165, 1.54) is 30.3 Å². The van der Waals surface area contributed by atoms with Gasteiger partial charge in [0.1, 0.15) is 5.75 Å². The van der Waals surface area contributed by atoms with Gasteiger partial charge >= 0.3 is 17.5 Å². The zero-order valence-electron chi connectivity index (χ0n) is 13.8. The minimum atomic E-state index is -4.82. The van der Waals surface area contributed by atoms with Crippen LogP contribution in [0.2, 0.25) is 0 Å². The fourth-order valence-corrected chi connectivity index (χ4v) is 3.38. The highest BCUT2D eigenvalue weighted by atomic mass is 32.2. The number of rotatable bonds is 5. The topological polar surface area (TPSA) is 121 Å². The van der Waals surface area contributed by atoms with Crippen molar-refractivity contribution in [3.8, 4) is 5.75 Å². The molecule has 0 fully saturated rings. The number of hydrogen-bond donors (Lipinski definition) is 3. The number of halogens is 3. The van der Waals surface area contributed by atoms with Crippen LogP contribution in [0.1, 0.15) is 5.56 Å². The summed E-state index contributed by atoms with van der Waals surface area (Å²) in [7, 11) is -3.99. The highest BCUT2D eigenvalue weighted by molar-refractivity contribution is 7.89. The molecule has 12 heteroatoms. The lowest BCUT2D eigenvalue weighted by Crippen LogP contribution is -2.29. The summed E-state index contributed by atoms with van der Waals surface area (Å²) < 4.78 is 67.3. The summed E-state index contributed by atoms with van der Waals surface area (Å²) in [6.07, 6.45) is -4.82. The van der Waals surface area contributed by atoms with E-state index in [0.717, 1.165) is 12.1 Å². The second-order valence-corrected chi connectivity index (χ2v) is 7.40. The van der Waals surface area contributed by atoms with Crippen LogP contribution in [0.15, 0.2) is 56.9 Å². The first-order valence-electron chi connectivity index (χ1n) is 7.64. The second kappa shape index (κ2) is 7.13. The first-order chi connectivity index (χ1) is 13.0. The van der Waals surface area contributed by atoms with Crippen molar-refractivity contribution in [2.24, 2.45) is 0 Å². The highest BCUT2D eigenvalue weighted by Crippen LogP contribution is 2.23. The Bertz CT molecular complexity index is 1230. The van der Waals surface area contributed by atoms with Crippen molar-refractivity contribution in [1.82, 2.24) is 14.7 Å². The molecule has 0 spiro atoms. The minimum absolute atomic E-state index is 0.126. The Labute approximate surface area is 155 Å².